The highest BCUT2D eigenvalue weighted by molar-refractivity contribution is 5.72. The van der Waals surface area contributed by atoms with E-state index in [2.05, 4.69) is 15.5 Å². The molecule has 0 bridgehead atoms. The first-order chi connectivity index (χ1) is 8.77. The van der Waals surface area contributed by atoms with Gasteiger partial charge in [0.15, 0.2) is 0 Å². The topological polar surface area (TPSA) is 44.4 Å². The molecule has 4 heteroatoms. The minimum Gasteiger partial charge on any atom is -0.355 e. The van der Waals surface area contributed by atoms with Crippen LogP contribution in [0, 0.1) is 5.92 Å². The average Bonchev–Trinajstić information content (AvgIpc) is 2.41. The van der Waals surface area contributed by atoms with Crippen molar-refractivity contribution in [2.75, 3.05) is 32.7 Å². The molecular weight excluding hydrogens is 226 g/mol. The molecule has 1 atom stereocenters. The van der Waals surface area contributed by atoms with E-state index in [1.165, 1.54) is 32.1 Å². The second-order valence-electron chi connectivity index (χ2n) is 5.69. The monoisotopic (exact) mass is 253 g/mol. The molecule has 1 aliphatic heterocycles. The molecule has 0 spiro atoms. The smallest absolute Gasteiger partial charge is 0.216 e. The molecule has 18 heavy (non-hydrogen) atoms. The van der Waals surface area contributed by atoms with E-state index >= 15 is 0 Å². The van der Waals surface area contributed by atoms with Gasteiger partial charge in [-0.25, -0.2) is 0 Å². The van der Waals surface area contributed by atoms with Gasteiger partial charge < -0.3 is 10.6 Å². The molecule has 0 aromatic heterocycles. The van der Waals surface area contributed by atoms with Crippen LogP contribution in [0.4, 0.5) is 0 Å². The van der Waals surface area contributed by atoms with Crippen LogP contribution in [0.5, 0.6) is 0 Å². The molecule has 4 nitrogen and oxygen atoms in total. The quantitative estimate of drug-likeness (QED) is 0.785. The first-order valence-electron chi connectivity index (χ1n) is 7.46. The number of amides is 1. The maximum Gasteiger partial charge on any atom is 0.216 e. The maximum atomic E-state index is 11.2. The molecule has 2 fully saturated rings. The van der Waals surface area contributed by atoms with Gasteiger partial charge in [0.25, 0.3) is 0 Å². The second-order valence-corrected chi connectivity index (χ2v) is 5.69. The molecule has 0 unspecified atom stereocenters. The standard InChI is InChI=1S/C14H27N3O/c1-12(18)16-11-14(13-5-3-2-4-6-13)17-9-7-15-8-10-17/h13-15H,2-11H2,1H3,(H,16,18)/t14-/m1/s1. The number of rotatable bonds is 4. The summed E-state index contributed by atoms with van der Waals surface area (Å²) in [4.78, 5) is 13.8. The van der Waals surface area contributed by atoms with Gasteiger partial charge in [-0.15, -0.1) is 0 Å². The Hall–Kier alpha value is -0.610. The number of carbonyl (C=O) groups is 1. The van der Waals surface area contributed by atoms with Crippen LogP contribution in [0.2, 0.25) is 0 Å². The normalized spacial score (nSPS) is 24.7. The summed E-state index contributed by atoms with van der Waals surface area (Å²) >= 11 is 0. The van der Waals surface area contributed by atoms with Crippen LogP contribution in [-0.2, 0) is 4.79 Å². The van der Waals surface area contributed by atoms with Crippen molar-refractivity contribution in [2.24, 2.45) is 5.92 Å². The van der Waals surface area contributed by atoms with Crippen molar-refractivity contribution >= 4 is 5.91 Å². The number of piperazine rings is 1. The zero-order valence-electron chi connectivity index (χ0n) is 11.6. The van der Waals surface area contributed by atoms with Crippen molar-refractivity contribution in [1.82, 2.24) is 15.5 Å². The maximum absolute atomic E-state index is 11.2. The Kier molecular flexibility index (Phi) is 5.45. The average molecular weight is 253 g/mol. The summed E-state index contributed by atoms with van der Waals surface area (Å²) in [6, 6.07) is 0.552. The van der Waals surface area contributed by atoms with Crippen LogP contribution in [0.3, 0.4) is 0 Å². The lowest BCUT2D eigenvalue weighted by Crippen LogP contribution is -2.54. The lowest BCUT2D eigenvalue weighted by atomic mass is 9.83. The van der Waals surface area contributed by atoms with Crippen LogP contribution < -0.4 is 10.6 Å². The van der Waals surface area contributed by atoms with Gasteiger partial charge in [-0.1, -0.05) is 19.3 Å². The minimum atomic E-state index is 0.103. The highest BCUT2D eigenvalue weighted by Gasteiger charge is 2.29. The lowest BCUT2D eigenvalue weighted by molar-refractivity contribution is -0.119. The summed E-state index contributed by atoms with van der Waals surface area (Å²) in [5.74, 6) is 0.884. The Labute approximate surface area is 110 Å². The van der Waals surface area contributed by atoms with Gasteiger partial charge in [0.05, 0.1) is 0 Å². The molecule has 0 radical (unpaired) electrons. The summed E-state index contributed by atoms with van der Waals surface area (Å²) < 4.78 is 0. The van der Waals surface area contributed by atoms with E-state index < -0.39 is 0 Å². The number of nitrogens with zero attached hydrogens (tertiary/aromatic N) is 1. The largest absolute Gasteiger partial charge is 0.355 e. The van der Waals surface area contributed by atoms with Gasteiger partial charge in [-0.3, -0.25) is 9.69 Å². The van der Waals surface area contributed by atoms with E-state index in [9.17, 15) is 4.79 Å². The molecule has 1 amide bonds. The van der Waals surface area contributed by atoms with Crippen molar-refractivity contribution in [3.05, 3.63) is 0 Å². The number of hydrogen-bond acceptors (Lipinski definition) is 3. The van der Waals surface area contributed by atoms with Gasteiger partial charge >= 0.3 is 0 Å². The summed E-state index contributed by atoms with van der Waals surface area (Å²) in [6.45, 7) is 6.88. The van der Waals surface area contributed by atoms with Gasteiger partial charge in [0.2, 0.25) is 5.91 Å². The van der Waals surface area contributed by atoms with Crippen LogP contribution in [0.15, 0.2) is 0 Å². The Morgan fingerprint density at radius 2 is 1.94 bits per heavy atom. The molecule has 1 heterocycles. The van der Waals surface area contributed by atoms with E-state index in [0.29, 0.717) is 6.04 Å². The van der Waals surface area contributed by atoms with E-state index in [4.69, 9.17) is 0 Å². The van der Waals surface area contributed by atoms with E-state index in [1.54, 1.807) is 6.92 Å². The van der Waals surface area contributed by atoms with Gasteiger partial charge in [-0.2, -0.15) is 0 Å². The third-order valence-electron chi connectivity index (χ3n) is 4.37. The van der Waals surface area contributed by atoms with E-state index in [0.717, 1.165) is 38.6 Å². The number of hydrogen-bond donors (Lipinski definition) is 2. The van der Waals surface area contributed by atoms with Gasteiger partial charge in [0, 0.05) is 45.7 Å². The zero-order chi connectivity index (χ0) is 12.8. The molecule has 2 rings (SSSR count). The van der Waals surface area contributed by atoms with Crippen molar-refractivity contribution in [1.29, 1.82) is 0 Å². The molecule has 2 N–H and O–H groups in total. The number of nitrogens with one attached hydrogen (secondary N) is 2. The Morgan fingerprint density at radius 3 is 2.56 bits per heavy atom. The van der Waals surface area contributed by atoms with Crippen molar-refractivity contribution in [2.45, 2.75) is 45.1 Å². The first kappa shape index (κ1) is 13.8. The zero-order valence-corrected chi connectivity index (χ0v) is 11.6. The molecule has 0 aromatic carbocycles. The predicted molar refractivity (Wildman–Crippen MR) is 73.5 cm³/mol. The summed E-state index contributed by atoms with van der Waals surface area (Å²) in [5.41, 5.74) is 0. The van der Waals surface area contributed by atoms with Crippen LogP contribution in [0.25, 0.3) is 0 Å². The molecule has 1 saturated carbocycles. The lowest BCUT2D eigenvalue weighted by Gasteiger charge is -2.41. The fraction of sp³-hybridized carbons (Fsp3) is 0.929. The summed E-state index contributed by atoms with van der Waals surface area (Å²) in [5, 5.41) is 6.45. The molecular formula is C14H27N3O. The Bertz CT molecular complexity index is 240. The van der Waals surface area contributed by atoms with Crippen LogP contribution in [0.1, 0.15) is 39.0 Å². The molecule has 104 valence electrons. The third-order valence-corrected chi connectivity index (χ3v) is 4.37. The highest BCUT2D eigenvalue weighted by atomic mass is 16.1. The van der Waals surface area contributed by atoms with Gasteiger partial charge in [0.1, 0.15) is 0 Å². The van der Waals surface area contributed by atoms with E-state index in [-0.39, 0.29) is 5.91 Å². The van der Waals surface area contributed by atoms with Gasteiger partial charge in [-0.05, 0) is 18.8 Å². The van der Waals surface area contributed by atoms with Crippen molar-refractivity contribution in [3.63, 3.8) is 0 Å². The van der Waals surface area contributed by atoms with Crippen LogP contribution in [-0.4, -0.2) is 49.6 Å². The molecule has 1 aliphatic carbocycles. The summed E-state index contributed by atoms with van der Waals surface area (Å²) in [7, 11) is 0. The molecule has 1 saturated heterocycles. The fourth-order valence-electron chi connectivity index (χ4n) is 3.37. The number of carbonyl (C=O) groups excluding carboxylic acids is 1. The fourth-order valence-corrected chi connectivity index (χ4v) is 3.37. The predicted octanol–water partition coefficient (Wildman–Crippen LogP) is 0.977. The second kappa shape index (κ2) is 7.10. The third kappa shape index (κ3) is 3.95. The van der Waals surface area contributed by atoms with Crippen molar-refractivity contribution < 1.29 is 4.79 Å². The minimum absolute atomic E-state index is 0.103. The Balaban J connectivity index is 1.93. The summed E-state index contributed by atoms with van der Waals surface area (Å²) in [6.07, 6.45) is 6.81. The first-order valence-corrected chi connectivity index (χ1v) is 7.46. The van der Waals surface area contributed by atoms with Crippen LogP contribution >= 0.6 is 0 Å². The molecule has 2 aliphatic rings. The SMILES string of the molecule is CC(=O)NC[C@H](C1CCCCC1)N1CCNCC1. The molecule has 0 aromatic rings. The van der Waals surface area contributed by atoms with Crippen molar-refractivity contribution in [3.8, 4) is 0 Å². The highest BCUT2D eigenvalue weighted by Crippen LogP contribution is 2.29. The Morgan fingerprint density at radius 1 is 1.28 bits per heavy atom. The van der Waals surface area contributed by atoms with E-state index in [1.807, 2.05) is 0 Å².